The molecule has 0 unspecified atom stereocenters. The van der Waals surface area contributed by atoms with Crippen LogP contribution in [0.4, 0.5) is 10.1 Å². The van der Waals surface area contributed by atoms with Crippen molar-refractivity contribution in [3.63, 3.8) is 0 Å². The van der Waals surface area contributed by atoms with Gasteiger partial charge in [-0.2, -0.15) is 9.78 Å². The van der Waals surface area contributed by atoms with Gasteiger partial charge in [-0.15, -0.1) is 0 Å². The lowest BCUT2D eigenvalue weighted by molar-refractivity contribution is -0.118. The number of carbonyl (C=O) groups is 1. The Morgan fingerprint density at radius 3 is 2.51 bits per heavy atom. The Balaban J connectivity index is 1.51. The van der Waals surface area contributed by atoms with E-state index in [2.05, 4.69) is 40.2 Å². The third kappa shape index (κ3) is 7.52. The van der Waals surface area contributed by atoms with E-state index >= 15 is 0 Å². The van der Waals surface area contributed by atoms with Gasteiger partial charge in [-0.1, -0.05) is 26.0 Å². The zero-order valence-corrected chi connectivity index (χ0v) is 28.2. The maximum absolute atomic E-state index is 13.9. The van der Waals surface area contributed by atoms with Crippen LogP contribution in [0, 0.1) is 12.7 Å². The summed E-state index contributed by atoms with van der Waals surface area (Å²) in [4.78, 5) is 31.3. The van der Waals surface area contributed by atoms with Crippen molar-refractivity contribution in [1.29, 1.82) is 0 Å². The standard InChI is InChI=1S/C36H34BrFN4O5/c1-6-46-32-17-23(16-29(37)34(32)47-20-33(43)40-25-13-11-24(38)12-14-25)19-39-42-35(41-30-10-8-7-9-26(30)36(42)44)28-18-27(21(2)3)31(45-5)15-22(28)4/h7-19,21H,6,20H2,1-5H3,(H,40,43). The number of fused-ring (bicyclic) bond motifs is 1. The smallest absolute Gasteiger partial charge is 0.282 e. The molecule has 0 atom stereocenters. The van der Waals surface area contributed by atoms with Gasteiger partial charge in [0.1, 0.15) is 11.6 Å². The number of halogens is 2. The molecule has 0 aliphatic heterocycles. The van der Waals surface area contributed by atoms with E-state index < -0.39 is 11.7 Å². The largest absolute Gasteiger partial charge is 0.496 e. The molecule has 9 nitrogen and oxygen atoms in total. The lowest BCUT2D eigenvalue weighted by Gasteiger charge is -2.17. The van der Waals surface area contributed by atoms with Gasteiger partial charge in [-0.25, -0.2) is 9.37 Å². The monoisotopic (exact) mass is 700 g/mol. The number of rotatable bonds is 11. The SMILES string of the molecule is CCOc1cc(C=Nn2c(-c3cc(C(C)C)c(OC)cc3C)nc3ccccc3c2=O)cc(Br)c1OCC(=O)Nc1ccc(F)cc1. The first-order chi connectivity index (χ1) is 22.6. The number of para-hydroxylation sites is 1. The Kier molecular flexibility index (Phi) is 10.4. The van der Waals surface area contributed by atoms with Crippen molar-refractivity contribution in [3.8, 4) is 28.6 Å². The van der Waals surface area contributed by atoms with Crippen molar-refractivity contribution in [3.05, 3.63) is 110 Å². The summed E-state index contributed by atoms with van der Waals surface area (Å²) in [5.41, 5.74) is 3.91. The predicted octanol–water partition coefficient (Wildman–Crippen LogP) is 7.70. The summed E-state index contributed by atoms with van der Waals surface area (Å²) in [5.74, 6) is 1.18. The van der Waals surface area contributed by atoms with E-state index in [-0.39, 0.29) is 18.1 Å². The number of anilines is 1. The topological polar surface area (TPSA) is 104 Å². The van der Waals surface area contributed by atoms with Crippen molar-refractivity contribution in [2.24, 2.45) is 5.10 Å². The van der Waals surface area contributed by atoms with Crippen molar-refractivity contribution in [2.75, 3.05) is 25.6 Å². The molecule has 5 aromatic rings. The third-order valence-corrected chi connectivity index (χ3v) is 7.91. The van der Waals surface area contributed by atoms with Crippen LogP contribution in [-0.2, 0) is 4.79 Å². The molecule has 1 N–H and O–H groups in total. The minimum absolute atomic E-state index is 0.164. The molecule has 0 bridgehead atoms. The molecule has 1 amide bonds. The van der Waals surface area contributed by atoms with Crippen molar-refractivity contribution in [1.82, 2.24) is 9.66 Å². The van der Waals surface area contributed by atoms with Gasteiger partial charge in [0.2, 0.25) is 0 Å². The second kappa shape index (κ2) is 14.6. The van der Waals surface area contributed by atoms with Gasteiger partial charge in [0, 0.05) is 11.3 Å². The first-order valence-electron chi connectivity index (χ1n) is 15.0. The van der Waals surface area contributed by atoms with E-state index in [1.807, 2.05) is 32.0 Å². The fourth-order valence-electron chi connectivity index (χ4n) is 5.03. The molecule has 242 valence electrons. The van der Waals surface area contributed by atoms with Crippen LogP contribution >= 0.6 is 15.9 Å². The average molecular weight is 702 g/mol. The van der Waals surface area contributed by atoms with Gasteiger partial charge in [0.25, 0.3) is 11.5 Å². The molecule has 0 saturated heterocycles. The van der Waals surface area contributed by atoms with Crippen LogP contribution in [0.25, 0.3) is 22.3 Å². The predicted molar refractivity (Wildman–Crippen MR) is 186 cm³/mol. The van der Waals surface area contributed by atoms with Crippen LogP contribution in [0.2, 0.25) is 0 Å². The van der Waals surface area contributed by atoms with Gasteiger partial charge in [0.15, 0.2) is 23.9 Å². The molecule has 0 spiro atoms. The number of methoxy groups -OCH3 is 1. The number of amides is 1. The zero-order chi connectivity index (χ0) is 33.7. The summed E-state index contributed by atoms with van der Waals surface area (Å²) in [7, 11) is 1.64. The molecule has 0 aliphatic rings. The van der Waals surface area contributed by atoms with Crippen molar-refractivity contribution in [2.45, 2.75) is 33.6 Å². The molecule has 1 heterocycles. The minimum atomic E-state index is -0.429. The summed E-state index contributed by atoms with van der Waals surface area (Å²) in [6.45, 7) is 7.95. The van der Waals surface area contributed by atoms with Gasteiger partial charge < -0.3 is 19.5 Å². The number of hydrogen-bond donors (Lipinski definition) is 1. The maximum Gasteiger partial charge on any atom is 0.282 e. The first kappa shape index (κ1) is 33.3. The molecule has 0 saturated carbocycles. The van der Waals surface area contributed by atoms with E-state index in [0.717, 1.165) is 22.4 Å². The van der Waals surface area contributed by atoms with Gasteiger partial charge in [-0.3, -0.25) is 9.59 Å². The van der Waals surface area contributed by atoms with Gasteiger partial charge in [0.05, 0.1) is 35.3 Å². The average Bonchev–Trinajstić information content (AvgIpc) is 3.04. The van der Waals surface area contributed by atoms with Crippen molar-refractivity contribution < 1.29 is 23.4 Å². The highest BCUT2D eigenvalue weighted by molar-refractivity contribution is 9.10. The highest BCUT2D eigenvalue weighted by atomic mass is 79.9. The minimum Gasteiger partial charge on any atom is -0.496 e. The number of hydrogen-bond acceptors (Lipinski definition) is 7. The number of nitrogens with zero attached hydrogens (tertiary/aromatic N) is 3. The quantitative estimate of drug-likeness (QED) is 0.142. The number of nitrogens with one attached hydrogen (secondary N) is 1. The van der Waals surface area contributed by atoms with E-state index in [4.69, 9.17) is 19.2 Å². The van der Waals surface area contributed by atoms with E-state index in [9.17, 15) is 14.0 Å². The van der Waals surface area contributed by atoms with E-state index in [1.165, 1.54) is 28.9 Å². The molecule has 4 aromatic carbocycles. The Morgan fingerprint density at radius 1 is 1.06 bits per heavy atom. The lowest BCUT2D eigenvalue weighted by Crippen LogP contribution is -2.21. The van der Waals surface area contributed by atoms with Crippen LogP contribution in [0.15, 0.2) is 87.2 Å². The lowest BCUT2D eigenvalue weighted by atomic mass is 9.96. The first-order valence-corrected chi connectivity index (χ1v) is 15.8. The fourth-order valence-corrected chi connectivity index (χ4v) is 5.60. The van der Waals surface area contributed by atoms with Gasteiger partial charge >= 0.3 is 0 Å². The number of aromatic nitrogens is 2. The Bertz CT molecular complexity index is 2030. The summed E-state index contributed by atoms with van der Waals surface area (Å²) in [5, 5.41) is 7.73. The number of benzene rings is 4. The Labute approximate surface area is 280 Å². The number of carbonyl (C=O) groups excluding carboxylic acids is 1. The summed E-state index contributed by atoms with van der Waals surface area (Å²) >= 11 is 3.53. The highest BCUT2D eigenvalue weighted by Crippen LogP contribution is 2.37. The molecule has 0 radical (unpaired) electrons. The summed E-state index contributed by atoms with van der Waals surface area (Å²) in [6.07, 6.45) is 1.54. The van der Waals surface area contributed by atoms with Crippen LogP contribution < -0.4 is 25.1 Å². The van der Waals surface area contributed by atoms with E-state index in [1.54, 1.807) is 43.7 Å². The van der Waals surface area contributed by atoms with Gasteiger partial charge in [-0.05, 0) is 113 Å². The van der Waals surface area contributed by atoms with Crippen LogP contribution in [-0.4, -0.2) is 42.1 Å². The molecule has 11 heteroatoms. The molecular weight excluding hydrogens is 667 g/mol. The maximum atomic E-state index is 13.9. The van der Waals surface area contributed by atoms with E-state index in [0.29, 0.717) is 50.6 Å². The second-order valence-corrected chi connectivity index (χ2v) is 11.8. The molecule has 0 fully saturated rings. The molecule has 5 rings (SSSR count). The van der Waals surface area contributed by atoms with Crippen LogP contribution in [0.1, 0.15) is 43.4 Å². The highest BCUT2D eigenvalue weighted by Gasteiger charge is 2.19. The normalized spacial score (nSPS) is 11.3. The molecular formula is C36H34BrFN4O5. The summed E-state index contributed by atoms with van der Waals surface area (Å²) in [6, 6.07) is 20.0. The van der Waals surface area contributed by atoms with Crippen molar-refractivity contribution >= 4 is 44.6 Å². The number of ether oxygens (including phenoxy) is 3. The Hall–Kier alpha value is -5.03. The zero-order valence-electron chi connectivity index (χ0n) is 26.6. The molecule has 1 aromatic heterocycles. The number of aryl methyl sites for hydroxylation is 1. The molecule has 0 aliphatic carbocycles. The summed E-state index contributed by atoms with van der Waals surface area (Å²) < 4.78 is 32.3. The van der Waals surface area contributed by atoms with Crippen LogP contribution in [0.5, 0.6) is 17.2 Å². The molecule has 47 heavy (non-hydrogen) atoms. The Morgan fingerprint density at radius 2 is 1.81 bits per heavy atom. The second-order valence-electron chi connectivity index (χ2n) is 11.0. The fraction of sp³-hybridized carbons (Fsp3) is 0.222. The third-order valence-electron chi connectivity index (χ3n) is 7.32. The van der Waals surface area contributed by atoms with Crippen LogP contribution in [0.3, 0.4) is 0 Å².